The molecular formula is C35H35F7N4O3S. The summed E-state index contributed by atoms with van der Waals surface area (Å²) in [7, 11) is -1.84. The molecule has 6 rings (SSSR count). The van der Waals surface area contributed by atoms with E-state index in [1.807, 2.05) is 29.2 Å². The first-order valence-electron chi connectivity index (χ1n) is 14.9. The first-order chi connectivity index (χ1) is 23.6. The zero-order valence-electron chi connectivity index (χ0n) is 26.8. The average molecular weight is 725 g/mol. The van der Waals surface area contributed by atoms with E-state index < -0.39 is 40.3 Å². The van der Waals surface area contributed by atoms with Crippen LogP contribution in [0, 0.1) is 31.5 Å². The van der Waals surface area contributed by atoms with Crippen molar-refractivity contribution in [2.24, 2.45) is 0 Å². The fourth-order valence-electron chi connectivity index (χ4n) is 5.04. The number of hydrogen-bond donors (Lipinski definition) is 2. The topological polar surface area (TPSA) is 89.5 Å². The van der Waals surface area contributed by atoms with Crippen molar-refractivity contribution in [1.82, 2.24) is 14.9 Å². The molecule has 1 fully saturated rings. The van der Waals surface area contributed by atoms with Crippen molar-refractivity contribution in [1.29, 1.82) is 0 Å². The fourth-order valence-corrected chi connectivity index (χ4v) is 6.31. The van der Waals surface area contributed by atoms with Gasteiger partial charge >= 0.3 is 12.4 Å². The number of benzene rings is 3. The van der Waals surface area contributed by atoms with Crippen LogP contribution in [0.25, 0.3) is 11.0 Å². The number of terminal acetylenes is 2. The average Bonchev–Trinajstić information content (AvgIpc) is 3.82. The summed E-state index contributed by atoms with van der Waals surface area (Å²) in [5, 5.41) is 9.58. The molecule has 0 saturated carbocycles. The Morgan fingerprint density at radius 2 is 1.44 bits per heavy atom. The van der Waals surface area contributed by atoms with E-state index in [0.717, 1.165) is 42.3 Å². The number of hydrogen-bond acceptors (Lipinski definition) is 4. The van der Waals surface area contributed by atoms with Crippen LogP contribution in [-0.2, 0) is 27.8 Å². The molecule has 2 N–H and O–H groups in total. The van der Waals surface area contributed by atoms with Gasteiger partial charge < -0.3 is 15.0 Å². The third kappa shape index (κ3) is 9.86. The molecule has 2 aliphatic heterocycles. The van der Waals surface area contributed by atoms with Crippen molar-refractivity contribution in [3.05, 3.63) is 90.0 Å². The zero-order valence-corrected chi connectivity index (χ0v) is 27.7. The second-order valence-electron chi connectivity index (χ2n) is 10.6. The zero-order chi connectivity index (χ0) is 37.7. The van der Waals surface area contributed by atoms with Gasteiger partial charge in [-0.05, 0) is 73.7 Å². The highest BCUT2D eigenvalue weighted by Crippen LogP contribution is 2.51. The number of amides is 1. The van der Waals surface area contributed by atoms with Crippen LogP contribution in [0.1, 0.15) is 37.3 Å². The number of carbonyl (C=O) groups is 1. The lowest BCUT2D eigenvalue weighted by Gasteiger charge is -2.35. The normalized spacial score (nSPS) is 14.6. The fraction of sp³-hybridized carbons (Fsp3) is 0.314. The smallest absolute Gasteiger partial charge is 0.369 e. The number of carbonyl (C=O) groups excluding carboxylic acids is 1. The van der Waals surface area contributed by atoms with E-state index in [1.54, 1.807) is 13.3 Å². The Morgan fingerprint density at radius 3 is 1.96 bits per heavy atom. The van der Waals surface area contributed by atoms with Crippen LogP contribution in [-0.4, -0.2) is 62.1 Å². The minimum Gasteiger partial charge on any atom is -0.369 e. The largest absolute Gasteiger partial charge is 0.430 e. The summed E-state index contributed by atoms with van der Waals surface area (Å²) < 4.78 is 106. The Kier molecular flexibility index (Phi) is 15.1. The summed E-state index contributed by atoms with van der Waals surface area (Å²) in [5.41, 5.74) is -3.97. The maximum atomic E-state index is 13.1. The highest BCUT2D eigenvalue weighted by molar-refractivity contribution is 7.86. The lowest BCUT2D eigenvalue weighted by atomic mass is 9.89. The molecule has 15 heteroatoms. The van der Waals surface area contributed by atoms with Crippen LogP contribution in [0.5, 0.6) is 0 Å². The number of anilines is 1. The maximum Gasteiger partial charge on any atom is 0.430 e. The molecule has 0 aliphatic carbocycles. The Labute approximate surface area is 288 Å². The Bertz CT molecular complexity index is 1700. The highest BCUT2D eigenvalue weighted by Gasteiger charge is 2.71. The molecule has 0 bridgehead atoms. The Morgan fingerprint density at radius 1 is 0.860 bits per heavy atom. The first kappa shape index (κ1) is 41.3. The molecule has 2 aliphatic rings. The monoisotopic (exact) mass is 724 g/mol. The van der Waals surface area contributed by atoms with Gasteiger partial charge in [0, 0.05) is 32.1 Å². The maximum absolute atomic E-state index is 13.1. The number of para-hydroxylation sites is 2. The van der Waals surface area contributed by atoms with Gasteiger partial charge in [0.05, 0.1) is 27.9 Å². The van der Waals surface area contributed by atoms with Gasteiger partial charge in [0.15, 0.2) is 11.0 Å². The van der Waals surface area contributed by atoms with Gasteiger partial charge in [0.1, 0.15) is 5.82 Å². The summed E-state index contributed by atoms with van der Waals surface area (Å²) in [4.78, 5) is 19.8. The van der Waals surface area contributed by atoms with E-state index in [0.29, 0.717) is 18.6 Å². The number of aryl methyl sites for hydroxylation is 1. The summed E-state index contributed by atoms with van der Waals surface area (Å²) in [6, 6.07) is 14.8. The molecule has 4 aromatic rings. The molecule has 0 spiro atoms. The SMILES string of the molecule is C#C.C#C.CC(=O)N1CCCC1.O=S(c1ccc(F)cc1)N1CCCc2cc(C(O)(C(F)(F)F)C(F)(F)F)ccc21.c1ccc2[nH]cnc2c1. The number of fused-ring (bicyclic) bond motifs is 2. The summed E-state index contributed by atoms with van der Waals surface area (Å²) in [6.45, 7) is 3.83. The minimum absolute atomic E-state index is 0.0936. The van der Waals surface area contributed by atoms with Crippen molar-refractivity contribution in [2.75, 3.05) is 23.9 Å². The van der Waals surface area contributed by atoms with Crippen molar-refractivity contribution in [3.8, 4) is 25.7 Å². The van der Waals surface area contributed by atoms with Crippen LogP contribution >= 0.6 is 0 Å². The van der Waals surface area contributed by atoms with E-state index >= 15 is 0 Å². The van der Waals surface area contributed by atoms with Crippen LogP contribution in [0.2, 0.25) is 0 Å². The number of nitrogens with zero attached hydrogens (tertiary/aromatic N) is 3. The van der Waals surface area contributed by atoms with E-state index in [4.69, 9.17) is 0 Å². The number of nitrogens with one attached hydrogen (secondary N) is 1. The van der Waals surface area contributed by atoms with Gasteiger partial charge in [-0.25, -0.2) is 13.6 Å². The third-order valence-electron chi connectivity index (χ3n) is 7.49. The standard InChI is InChI=1S/C18H14F7NO2S.C7H6N2.C6H11NO.2C2H2/c19-13-4-6-14(7-5-13)29(28)26-9-1-2-11-10-12(3-8-15(11)26)16(27,17(20,21)22)18(23,24)25;1-2-4-7-6(3-1)8-5-9-7;1-6(8)7-4-2-3-5-7;2*1-2/h3-8,10,27H,1-2,9H2;1-5H,(H,8,9);2-5H2,1H3;2*1-2H. The van der Waals surface area contributed by atoms with Crippen molar-refractivity contribution in [2.45, 2.75) is 55.5 Å². The Balaban J connectivity index is 0.000000332. The van der Waals surface area contributed by atoms with Crippen LogP contribution in [0.3, 0.4) is 0 Å². The third-order valence-corrected chi connectivity index (χ3v) is 8.94. The summed E-state index contributed by atoms with van der Waals surface area (Å²) >= 11 is 0. The second-order valence-corrected chi connectivity index (χ2v) is 12.0. The quantitative estimate of drug-likeness (QED) is 0.172. The molecule has 1 amide bonds. The van der Waals surface area contributed by atoms with Crippen LogP contribution in [0.15, 0.2) is 78.0 Å². The van der Waals surface area contributed by atoms with E-state index in [-0.39, 0.29) is 35.0 Å². The number of rotatable bonds is 3. The highest BCUT2D eigenvalue weighted by atomic mass is 32.2. The molecule has 3 aromatic carbocycles. The molecular weight excluding hydrogens is 689 g/mol. The molecule has 3 heterocycles. The van der Waals surface area contributed by atoms with Crippen LogP contribution in [0.4, 0.5) is 36.4 Å². The summed E-state index contributed by atoms with van der Waals surface area (Å²) in [6.07, 6.45) is 8.59. The first-order valence-corrected chi connectivity index (χ1v) is 16.0. The van der Waals surface area contributed by atoms with Gasteiger partial charge in [-0.3, -0.25) is 9.10 Å². The number of imidazole rings is 1. The number of aliphatic hydroxyl groups is 1. The van der Waals surface area contributed by atoms with Gasteiger partial charge in [-0.1, -0.05) is 24.3 Å². The number of likely N-dealkylation sites (tertiary alicyclic amines) is 1. The van der Waals surface area contributed by atoms with Crippen molar-refractivity contribution < 1.29 is 44.8 Å². The molecule has 1 unspecified atom stereocenters. The molecule has 268 valence electrons. The predicted molar refractivity (Wildman–Crippen MR) is 178 cm³/mol. The van der Waals surface area contributed by atoms with E-state index in [9.17, 15) is 44.8 Å². The number of aromatic nitrogens is 2. The van der Waals surface area contributed by atoms with E-state index in [1.165, 1.54) is 29.3 Å². The van der Waals surface area contributed by atoms with Gasteiger partial charge in [-0.2, -0.15) is 26.3 Å². The number of halogens is 7. The second kappa shape index (κ2) is 18.2. The van der Waals surface area contributed by atoms with Gasteiger partial charge in [0.2, 0.25) is 5.91 Å². The number of H-pyrrole nitrogens is 1. The lowest BCUT2D eigenvalue weighted by molar-refractivity contribution is -0.376. The van der Waals surface area contributed by atoms with Crippen molar-refractivity contribution >= 4 is 33.6 Å². The molecule has 50 heavy (non-hydrogen) atoms. The van der Waals surface area contributed by atoms with Crippen molar-refractivity contribution in [3.63, 3.8) is 0 Å². The number of alkyl halides is 6. The minimum atomic E-state index is -5.98. The van der Waals surface area contributed by atoms with E-state index in [2.05, 4.69) is 35.7 Å². The molecule has 0 radical (unpaired) electrons. The van der Waals surface area contributed by atoms with Gasteiger partial charge in [0.25, 0.3) is 5.60 Å². The number of aromatic amines is 1. The lowest BCUT2D eigenvalue weighted by Crippen LogP contribution is -2.54. The van der Waals surface area contributed by atoms with Crippen LogP contribution < -0.4 is 4.31 Å². The molecule has 1 aromatic heterocycles. The summed E-state index contributed by atoms with van der Waals surface area (Å²) in [5.74, 6) is -0.324. The molecule has 1 atom stereocenters. The Hall–Kier alpha value is -4.86. The molecule has 7 nitrogen and oxygen atoms in total. The molecule has 1 saturated heterocycles. The van der Waals surface area contributed by atoms with Gasteiger partial charge in [-0.15, -0.1) is 25.7 Å². The predicted octanol–water partition coefficient (Wildman–Crippen LogP) is 7.30.